The molecule has 1 aromatic rings. The van der Waals surface area contributed by atoms with Crippen LogP contribution in [0.3, 0.4) is 0 Å². The van der Waals surface area contributed by atoms with Crippen molar-refractivity contribution in [1.82, 2.24) is 10.3 Å². The number of nitrogens with two attached hydrogens (primary N) is 1. The van der Waals surface area contributed by atoms with Crippen molar-refractivity contribution < 1.29 is 19.1 Å². The zero-order chi connectivity index (χ0) is 20.2. The number of nitrogens with zero attached hydrogens (tertiary/aromatic N) is 1. The lowest BCUT2D eigenvalue weighted by atomic mass is 9.91. The largest absolute Gasteiger partial charge is 0.480 e. The van der Waals surface area contributed by atoms with Gasteiger partial charge in [0, 0.05) is 12.1 Å². The molecule has 0 aliphatic heterocycles. The van der Waals surface area contributed by atoms with Crippen molar-refractivity contribution >= 4 is 33.7 Å². The Labute approximate surface area is 167 Å². The first-order chi connectivity index (χ1) is 12.6. The van der Waals surface area contributed by atoms with Gasteiger partial charge in [-0.3, -0.25) is 4.79 Å². The van der Waals surface area contributed by atoms with Crippen LogP contribution >= 0.6 is 15.9 Å². The topological polar surface area (TPSA) is 116 Å². The Bertz CT molecular complexity index is 697. The highest BCUT2D eigenvalue weighted by Gasteiger charge is 2.26. The summed E-state index contributed by atoms with van der Waals surface area (Å²) in [6.07, 6.45) is 3.04. The second-order valence-electron chi connectivity index (χ2n) is 7.58. The lowest BCUT2D eigenvalue weighted by molar-refractivity contribution is 0.0492. The molecule has 1 aliphatic rings. The van der Waals surface area contributed by atoms with Crippen LogP contribution in [-0.4, -0.2) is 41.8 Å². The maximum atomic E-state index is 11.9. The fraction of sp³-hybridized carbons (Fsp3) is 0.611. The van der Waals surface area contributed by atoms with E-state index in [1.165, 1.54) is 7.11 Å². The summed E-state index contributed by atoms with van der Waals surface area (Å²) in [5, 5.41) is 6.29. The SMILES string of the molecule is COc1nc(NC2CCC(NC(=O)OC(C)(C)C)CC2)c(Br)cc1C(N)=O. The normalized spacial score (nSPS) is 19.9. The van der Waals surface area contributed by atoms with Crippen molar-refractivity contribution in [1.29, 1.82) is 0 Å². The van der Waals surface area contributed by atoms with Crippen molar-refractivity contribution in [2.45, 2.75) is 64.1 Å². The third kappa shape index (κ3) is 6.27. The number of anilines is 1. The molecule has 0 saturated heterocycles. The van der Waals surface area contributed by atoms with Gasteiger partial charge in [-0.05, 0) is 68.5 Å². The summed E-state index contributed by atoms with van der Waals surface area (Å²) in [5.41, 5.74) is 5.06. The van der Waals surface area contributed by atoms with Gasteiger partial charge in [-0.2, -0.15) is 4.98 Å². The van der Waals surface area contributed by atoms with Crippen molar-refractivity contribution in [3.05, 3.63) is 16.1 Å². The van der Waals surface area contributed by atoms with Crippen LogP contribution in [0.25, 0.3) is 0 Å². The maximum absolute atomic E-state index is 11.9. The number of hydrogen-bond acceptors (Lipinski definition) is 6. The number of aromatic nitrogens is 1. The zero-order valence-corrected chi connectivity index (χ0v) is 17.7. The first-order valence-electron chi connectivity index (χ1n) is 8.89. The Balaban J connectivity index is 1.92. The van der Waals surface area contributed by atoms with E-state index in [-0.39, 0.29) is 29.6 Å². The van der Waals surface area contributed by atoms with E-state index in [0.717, 1.165) is 25.7 Å². The summed E-state index contributed by atoms with van der Waals surface area (Å²) in [6, 6.07) is 1.90. The number of alkyl carbamates (subject to hydrolysis) is 1. The van der Waals surface area contributed by atoms with Crippen LogP contribution < -0.4 is 21.1 Å². The fourth-order valence-electron chi connectivity index (χ4n) is 2.95. The molecule has 1 fully saturated rings. The number of methoxy groups -OCH3 is 1. The van der Waals surface area contributed by atoms with Gasteiger partial charge in [-0.1, -0.05) is 0 Å². The number of primary amides is 1. The van der Waals surface area contributed by atoms with E-state index in [1.54, 1.807) is 6.07 Å². The Kier molecular flexibility index (Phi) is 6.91. The van der Waals surface area contributed by atoms with Gasteiger partial charge in [-0.15, -0.1) is 0 Å². The molecular formula is C18H27BrN4O4. The van der Waals surface area contributed by atoms with Gasteiger partial charge in [0.25, 0.3) is 5.91 Å². The summed E-state index contributed by atoms with van der Waals surface area (Å²) in [7, 11) is 1.44. The van der Waals surface area contributed by atoms with Crippen LogP contribution in [0.5, 0.6) is 5.88 Å². The standard InChI is InChI=1S/C18H27BrN4O4/c1-18(2,3)27-17(25)22-11-7-5-10(6-8-11)21-15-13(19)9-12(14(20)24)16(23-15)26-4/h9-11H,5-8H2,1-4H3,(H2,20,24)(H,21,23)(H,22,25). The molecule has 1 heterocycles. The number of carbonyl (C=O) groups excluding carboxylic acids is 2. The number of pyridine rings is 1. The van der Waals surface area contributed by atoms with E-state index in [4.69, 9.17) is 15.2 Å². The number of carbonyl (C=O) groups is 2. The van der Waals surface area contributed by atoms with E-state index >= 15 is 0 Å². The second kappa shape index (κ2) is 8.77. The van der Waals surface area contributed by atoms with Crippen LogP contribution in [0.4, 0.5) is 10.6 Å². The molecule has 1 saturated carbocycles. The molecule has 27 heavy (non-hydrogen) atoms. The highest BCUT2D eigenvalue weighted by atomic mass is 79.9. The lowest BCUT2D eigenvalue weighted by Crippen LogP contribution is -2.42. The van der Waals surface area contributed by atoms with Crippen LogP contribution in [-0.2, 0) is 4.74 Å². The number of nitrogens with one attached hydrogen (secondary N) is 2. The second-order valence-corrected chi connectivity index (χ2v) is 8.43. The first-order valence-corrected chi connectivity index (χ1v) is 9.68. The number of hydrogen-bond donors (Lipinski definition) is 3. The van der Waals surface area contributed by atoms with Crippen molar-refractivity contribution in [2.75, 3.05) is 12.4 Å². The summed E-state index contributed by atoms with van der Waals surface area (Å²) in [6.45, 7) is 5.53. The monoisotopic (exact) mass is 442 g/mol. The summed E-state index contributed by atoms with van der Waals surface area (Å²) < 4.78 is 11.1. The quantitative estimate of drug-likeness (QED) is 0.644. The number of amides is 2. The molecular weight excluding hydrogens is 416 g/mol. The lowest BCUT2D eigenvalue weighted by Gasteiger charge is -2.31. The van der Waals surface area contributed by atoms with Crippen LogP contribution in [0.1, 0.15) is 56.8 Å². The molecule has 0 atom stereocenters. The van der Waals surface area contributed by atoms with Gasteiger partial charge >= 0.3 is 6.09 Å². The smallest absolute Gasteiger partial charge is 0.407 e. The summed E-state index contributed by atoms with van der Waals surface area (Å²) in [4.78, 5) is 27.7. The Morgan fingerprint density at radius 2 is 1.81 bits per heavy atom. The molecule has 0 radical (unpaired) electrons. The molecule has 2 rings (SSSR count). The Morgan fingerprint density at radius 3 is 2.33 bits per heavy atom. The molecule has 0 bridgehead atoms. The van der Waals surface area contributed by atoms with Crippen molar-refractivity contribution in [3.63, 3.8) is 0 Å². The molecule has 1 aromatic heterocycles. The van der Waals surface area contributed by atoms with Crippen LogP contribution in [0.2, 0.25) is 0 Å². The fourth-order valence-corrected chi connectivity index (χ4v) is 3.39. The van der Waals surface area contributed by atoms with Gasteiger partial charge in [0.15, 0.2) is 0 Å². The van der Waals surface area contributed by atoms with Crippen LogP contribution in [0, 0.1) is 0 Å². The van der Waals surface area contributed by atoms with E-state index < -0.39 is 11.5 Å². The molecule has 150 valence electrons. The summed E-state index contributed by atoms with van der Waals surface area (Å²) in [5.74, 6) is 0.189. The highest BCUT2D eigenvalue weighted by molar-refractivity contribution is 9.10. The molecule has 8 nitrogen and oxygen atoms in total. The van der Waals surface area contributed by atoms with E-state index in [1.807, 2.05) is 20.8 Å². The molecule has 1 aliphatic carbocycles. The third-order valence-corrected chi connectivity index (χ3v) is 4.79. The number of ether oxygens (including phenoxy) is 2. The van der Waals surface area contributed by atoms with Crippen molar-refractivity contribution in [2.24, 2.45) is 5.73 Å². The molecule has 0 unspecified atom stereocenters. The molecule has 9 heteroatoms. The van der Waals surface area contributed by atoms with Gasteiger partial charge in [0.1, 0.15) is 17.0 Å². The Morgan fingerprint density at radius 1 is 1.22 bits per heavy atom. The minimum Gasteiger partial charge on any atom is -0.480 e. The molecule has 0 spiro atoms. The average Bonchev–Trinajstić information content (AvgIpc) is 2.56. The Hall–Kier alpha value is -2.03. The number of halogens is 1. The maximum Gasteiger partial charge on any atom is 0.407 e. The van der Waals surface area contributed by atoms with Crippen molar-refractivity contribution in [3.8, 4) is 5.88 Å². The van der Waals surface area contributed by atoms with E-state index in [9.17, 15) is 9.59 Å². The van der Waals surface area contributed by atoms with Crippen LogP contribution in [0.15, 0.2) is 10.5 Å². The molecule has 0 aromatic carbocycles. The van der Waals surface area contributed by atoms with E-state index in [2.05, 4.69) is 31.5 Å². The molecule has 2 amide bonds. The first kappa shape index (κ1) is 21.3. The highest BCUT2D eigenvalue weighted by Crippen LogP contribution is 2.30. The zero-order valence-electron chi connectivity index (χ0n) is 16.1. The van der Waals surface area contributed by atoms with E-state index in [0.29, 0.717) is 10.3 Å². The summed E-state index contributed by atoms with van der Waals surface area (Å²) >= 11 is 3.42. The third-order valence-electron chi connectivity index (χ3n) is 4.19. The minimum absolute atomic E-state index is 0.0982. The predicted octanol–water partition coefficient (Wildman–Crippen LogP) is 3.20. The van der Waals surface area contributed by atoms with Gasteiger partial charge in [0.05, 0.1) is 11.6 Å². The van der Waals surface area contributed by atoms with Gasteiger partial charge < -0.3 is 25.8 Å². The number of rotatable bonds is 5. The minimum atomic E-state index is -0.597. The van der Waals surface area contributed by atoms with Gasteiger partial charge in [0.2, 0.25) is 5.88 Å². The molecule has 4 N–H and O–H groups in total. The average molecular weight is 443 g/mol. The predicted molar refractivity (Wildman–Crippen MR) is 106 cm³/mol. The van der Waals surface area contributed by atoms with Gasteiger partial charge in [-0.25, -0.2) is 4.79 Å².